The molecule has 21 heavy (non-hydrogen) atoms. The largest absolute Gasteiger partial charge is 0.497 e. The van der Waals surface area contributed by atoms with E-state index in [1.807, 2.05) is 18.2 Å². The van der Waals surface area contributed by atoms with Crippen molar-refractivity contribution < 1.29 is 9.47 Å². The van der Waals surface area contributed by atoms with Crippen LogP contribution in [-0.2, 0) is 6.42 Å². The minimum absolute atomic E-state index is 0.00416. The minimum atomic E-state index is -0.00416. The zero-order valence-electron chi connectivity index (χ0n) is 12.5. The van der Waals surface area contributed by atoms with Crippen molar-refractivity contribution in [2.45, 2.75) is 31.9 Å². The molecule has 110 valence electrons. The van der Waals surface area contributed by atoms with Gasteiger partial charge in [0.1, 0.15) is 17.6 Å². The maximum absolute atomic E-state index is 6.30. The van der Waals surface area contributed by atoms with Crippen LogP contribution in [0.3, 0.4) is 0 Å². The van der Waals surface area contributed by atoms with Crippen LogP contribution in [-0.4, -0.2) is 7.11 Å². The molecule has 2 aromatic rings. The molecule has 1 aliphatic heterocycles. The lowest BCUT2D eigenvalue weighted by Gasteiger charge is -2.31. The monoisotopic (exact) mass is 283 g/mol. The molecule has 0 fully saturated rings. The van der Waals surface area contributed by atoms with Crippen molar-refractivity contribution in [3.8, 4) is 11.5 Å². The number of aryl methyl sites for hydroxylation is 1. The molecule has 3 heteroatoms. The van der Waals surface area contributed by atoms with Gasteiger partial charge in [-0.15, -0.1) is 0 Å². The molecular weight excluding hydrogens is 262 g/mol. The Morgan fingerprint density at radius 1 is 1.19 bits per heavy atom. The Hall–Kier alpha value is -2.00. The zero-order valence-corrected chi connectivity index (χ0v) is 12.5. The molecule has 2 atom stereocenters. The Kier molecular flexibility index (Phi) is 3.84. The van der Waals surface area contributed by atoms with Gasteiger partial charge in [-0.25, -0.2) is 0 Å². The van der Waals surface area contributed by atoms with E-state index in [9.17, 15) is 0 Å². The number of benzene rings is 2. The fourth-order valence-electron chi connectivity index (χ4n) is 2.78. The average Bonchev–Trinajstić information content (AvgIpc) is 2.54. The highest BCUT2D eigenvalue weighted by Gasteiger charge is 2.27. The third-order valence-corrected chi connectivity index (χ3v) is 4.12. The molecule has 0 aromatic heterocycles. The van der Waals surface area contributed by atoms with Crippen molar-refractivity contribution in [2.75, 3.05) is 7.11 Å². The van der Waals surface area contributed by atoms with E-state index in [4.69, 9.17) is 15.2 Å². The summed E-state index contributed by atoms with van der Waals surface area (Å²) in [6.07, 6.45) is 1.85. The SMILES string of the molecule is CCc1ccc(C2CC(N)c3ccc(OC)cc3O2)cc1. The summed E-state index contributed by atoms with van der Waals surface area (Å²) in [6, 6.07) is 14.4. The second-order valence-corrected chi connectivity index (χ2v) is 5.45. The standard InChI is InChI=1S/C18H21NO2/c1-3-12-4-6-13(7-5-12)17-11-16(19)15-9-8-14(20-2)10-18(15)21-17/h4-10,16-17H,3,11,19H2,1-2H3. The molecule has 0 amide bonds. The van der Waals surface area contributed by atoms with Crippen LogP contribution in [0, 0.1) is 0 Å². The predicted octanol–water partition coefficient (Wildman–Crippen LogP) is 3.78. The molecule has 0 bridgehead atoms. The predicted molar refractivity (Wildman–Crippen MR) is 83.7 cm³/mol. The fraction of sp³-hybridized carbons (Fsp3) is 0.333. The van der Waals surface area contributed by atoms with Crippen LogP contribution in [0.1, 0.15) is 42.2 Å². The van der Waals surface area contributed by atoms with Crippen LogP contribution in [0.15, 0.2) is 42.5 Å². The summed E-state index contributed by atoms with van der Waals surface area (Å²) in [7, 11) is 1.66. The van der Waals surface area contributed by atoms with Gasteiger partial charge in [0, 0.05) is 24.1 Å². The second kappa shape index (κ2) is 5.78. The summed E-state index contributed by atoms with van der Waals surface area (Å²) in [5, 5.41) is 0. The molecule has 1 heterocycles. The first-order chi connectivity index (χ1) is 10.2. The number of ether oxygens (including phenoxy) is 2. The Bertz CT molecular complexity index is 622. The third-order valence-electron chi connectivity index (χ3n) is 4.12. The van der Waals surface area contributed by atoms with Crippen LogP contribution in [0.25, 0.3) is 0 Å². The Morgan fingerprint density at radius 3 is 2.62 bits per heavy atom. The van der Waals surface area contributed by atoms with E-state index in [1.165, 1.54) is 11.1 Å². The minimum Gasteiger partial charge on any atom is -0.497 e. The van der Waals surface area contributed by atoms with E-state index < -0.39 is 0 Å². The first kappa shape index (κ1) is 14.0. The molecule has 0 radical (unpaired) electrons. The number of rotatable bonds is 3. The molecule has 2 N–H and O–H groups in total. The van der Waals surface area contributed by atoms with Crippen molar-refractivity contribution in [3.63, 3.8) is 0 Å². The first-order valence-corrected chi connectivity index (χ1v) is 7.40. The molecule has 2 aromatic carbocycles. The summed E-state index contributed by atoms with van der Waals surface area (Å²) in [4.78, 5) is 0. The normalized spacial score (nSPS) is 20.5. The van der Waals surface area contributed by atoms with Crippen molar-refractivity contribution in [2.24, 2.45) is 5.73 Å². The Labute approximate surface area is 125 Å². The number of nitrogens with two attached hydrogens (primary N) is 1. The van der Waals surface area contributed by atoms with Gasteiger partial charge in [-0.1, -0.05) is 37.3 Å². The maximum Gasteiger partial charge on any atom is 0.128 e. The van der Waals surface area contributed by atoms with E-state index in [0.717, 1.165) is 29.9 Å². The summed E-state index contributed by atoms with van der Waals surface area (Å²) in [5.41, 5.74) is 9.87. The highest BCUT2D eigenvalue weighted by molar-refractivity contribution is 5.44. The van der Waals surface area contributed by atoms with Crippen molar-refractivity contribution >= 4 is 0 Å². The lowest BCUT2D eigenvalue weighted by molar-refractivity contribution is 0.161. The summed E-state index contributed by atoms with van der Waals surface area (Å²) in [6.45, 7) is 2.16. The van der Waals surface area contributed by atoms with E-state index in [2.05, 4.69) is 31.2 Å². The van der Waals surface area contributed by atoms with Crippen molar-refractivity contribution in [1.82, 2.24) is 0 Å². The van der Waals surface area contributed by atoms with E-state index in [1.54, 1.807) is 7.11 Å². The average molecular weight is 283 g/mol. The molecule has 1 aliphatic rings. The topological polar surface area (TPSA) is 44.5 Å². The number of methoxy groups -OCH3 is 1. The van der Waals surface area contributed by atoms with Crippen LogP contribution < -0.4 is 15.2 Å². The van der Waals surface area contributed by atoms with Gasteiger partial charge in [-0.2, -0.15) is 0 Å². The van der Waals surface area contributed by atoms with Gasteiger partial charge in [-0.3, -0.25) is 0 Å². The molecule has 0 spiro atoms. The van der Waals surface area contributed by atoms with Crippen LogP contribution >= 0.6 is 0 Å². The summed E-state index contributed by atoms with van der Waals surface area (Å²) >= 11 is 0. The van der Waals surface area contributed by atoms with Crippen molar-refractivity contribution in [1.29, 1.82) is 0 Å². The van der Waals surface area contributed by atoms with Crippen molar-refractivity contribution in [3.05, 3.63) is 59.2 Å². The van der Waals surface area contributed by atoms with E-state index in [-0.39, 0.29) is 12.1 Å². The molecule has 3 rings (SSSR count). The van der Waals surface area contributed by atoms with E-state index in [0.29, 0.717) is 0 Å². The van der Waals surface area contributed by atoms with E-state index >= 15 is 0 Å². The first-order valence-electron chi connectivity index (χ1n) is 7.40. The molecule has 0 aliphatic carbocycles. The van der Waals surface area contributed by atoms with Gasteiger partial charge in [-0.05, 0) is 23.6 Å². The molecule has 3 nitrogen and oxygen atoms in total. The summed E-state index contributed by atoms with van der Waals surface area (Å²) in [5.74, 6) is 1.63. The van der Waals surface area contributed by atoms with Crippen LogP contribution in [0.4, 0.5) is 0 Å². The smallest absolute Gasteiger partial charge is 0.128 e. The lowest BCUT2D eigenvalue weighted by Crippen LogP contribution is -2.24. The highest BCUT2D eigenvalue weighted by atomic mass is 16.5. The van der Waals surface area contributed by atoms with Gasteiger partial charge < -0.3 is 15.2 Å². The molecular formula is C18H21NO2. The van der Waals surface area contributed by atoms with Gasteiger partial charge in [0.25, 0.3) is 0 Å². The highest BCUT2D eigenvalue weighted by Crippen LogP contribution is 2.41. The molecule has 0 saturated heterocycles. The zero-order chi connectivity index (χ0) is 14.8. The summed E-state index contributed by atoms with van der Waals surface area (Å²) < 4.78 is 11.4. The molecule has 0 saturated carbocycles. The number of hydrogen-bond acceptors (Lipinski definition) is 3. The van der Waals surface area contributed by atoms with Gasteiger partial charge in [0.05, 0.1) is 7.11 Å². The van der Waals surface area contributed by atoms with Gasteiger partial charge in [0.15, 0.2) is 0 Å². The van der Waals surface area contributed by atoms with Gasteiger partial charge >= 0.3 is 0 Å². The molecule has 2 unspecified atom stereocenters. The van der Waals surface area contributed by atoms with Crippen LogP contribution in [0.5, 0.6) is 11.5 Å². The Balaban J connectivity index is 1.89. The Morgan fingerprint density at radius 2 is 1.95 bits per heavy atom. The number of fused-ring (bicyclic) bond motifs is 1. The fourth-order valence-corrected chi connectivity index (χ4v) is 2.78. The second-order valence-electron chi connectivity index (χ2n) is 5.45. The van der Waals surface area contributed by atoms with Crippen LogP contribution in [0.2, 0.25) is 0 Å². The quantitative estimate of drug-likeness (QED) is 0.932. The number of hydrogen-bond donors (Lipinski definition) is 1. The maximum atomic E-state index is 6.30. The lowest BCUT2D eigenvalue weighted by atomic mass is 9.93. The van der Waals surface area contributed by atoms with Gasteiger partial charge in [0.2, 0.25) is 0 Å². The third kappa shape index (κ3) is 2.74.